The zero-order chi connectivity index (χ0) is 46.4. The van der Waals surface area contributed by atoms with Crippen molar-refractivity contribution in [2.24, 2.45) is 0 Å². The fraction of sp³-hybridized carbons (Fsp3) is 0.944. The van der Waals surface area contributed by atoms with Crippen molar-refractivity contribution >= 4 is 13.7 Å². The normalized spacial score (nSPS) is 14.1. The maximum Gasteiger partial charge on any atom is 0.472 e. The number of carbonyl (C=O) groups is 1. The van der Waals surface area contributed by atoms with Crippen molar-refractivity contribution in [3.63, 3.8) is 0 Å². The van der Waals surface area contributed by atoms with Gasteiger partial charge in [-0.2, -0.15) is 0 Å². The van der Waals surface area contributed by atoms with Crippen LogP contribution >= 0.6 is 7.82 Å². The summed E-state index contributed by atoms with van der Waals surface area (Å²) >= 11 is 0. The van der Waals surface area contributed by atoms with Crippen LogP contribution in [-0.4, -0.2) is 73.4 Å². The van der Waals surface area contributed by atoms with Crippen LogP contribution in [0.25, 0.3) is 0 Å². The summed E-state index contributed by atoms with van der Waals surface area (Å²) in [7, 11) is 1.58. The Morgan fingerprint density at radius 3 is 1.17 bits per heavy atom. The van der Waals surface area contributed by atoms with Crippen molar-refractivity contribution in [2.45, 2.75) is 289 Å². The molecule has 3 unspecified atom stereocenters. The molecule has 0 aliphatic heterocycles. The molecule has 0 aromatic heterocycles. The van der Waals surface area contributed by atoms with Gasteiger partial charge in [0.1, 0.15) is 13.2 Å². The van der Waals surface area contributed by atoms with Crippen molar-refractivity contribution in [2.75, 3.05) is 40.9 Å². The number of allylic oxidation sites excluding steroid dienone is 1. The van der Waals surface area contributed by atoms with E-state index in [1.54, 1.807) is 6.08 Å². The molecule has 0 aliphatic carbocycles. The van der Waals surface area contributed by atoms with Crippen LogP contribution in [0.2, 0.25) is 0 Å². The van der Waals surface area contributed by atoms with Gasteiger partial charge in [-0.1, -0.05) is 264 Å². The first-order valence-electron chi connectivity index (χ1n) is 27.6. The van der Waals surface area contributed by atoms with Crippen LogP contribution in [0.5, 0.6) is 0 Å². The minimum absolute atomic E-state index is 0.0640. The molecule has 1 amide bonds. The standard InChI is InChI=1S/C54H109N2O6P/c1-6-8-10-12-14-15-16-17-18-19-20-21-22-23-24-25-26-27-28-29-30-31-32-33-34-35-36-37-38-39-40-42-44-46-48-54(58)55-52(53(57)47-45-43-41-13-11-9-7-2)51-62-63(59,60)61-50-49-56(3,4)5/h45,47,52-53,57H,6-44,46,48-51H2,1-5H3,(H-,55,58,59,60)/p+1/b47-45+. The second kappa shape index (κ2) is 46.4. The van der Waals surface area contributed by atoms with E-state index in [-0.39, 0.29) is 19.1 Å². The van der Waals surface area contributed by atoms with Crippen molar-refractivity contribution < 1.29 is 32.9 Å². The Kier molecular flexibility index (Phi) is 45.8. The van der Waals surface area contributed by atoms with Crippen LogP contribution in [0.3, 0.4) is 0 Å². The van der Waals surface area contributed by atoms with Crippen molar-refractivity contribution in [3.8, 4) is 0 Å². The molecule has 9 heteroatoms. The van der Waals surface area contributed by atoms with Crippen LogP contribution in [0.1, 0.15) is 277 Å². The fourth-order valence-electron chi connectivity index (χ4n) is 8.40. The molecular formula is C54H110N2O6P+. The highest BCUT2D eigenvalue weighted by atomic mass is 31.2. The highest BCUT2D eigenvalue weighted by Gasteiger charge is 2.27. The van der Waals surface area contributed by atoms with Crippen molar-refractivity contribution in [1.29, 1.82) is 0 Å². The van der Waals surface area contributed by atoms with Gasteiger partial charge in [0.25, 0.3) is 0 Å². The van der Waals surface area contributed by atoms with Gasteiger partial charge in [0.05, 0.1) is 39.9 Å². The number of rotatable bonds is 51. The molecule has 376 valence electrons. The minimum Gasteiger partial charge on any atom is -0.387 e. The van der Waals surface area contributed by atoms with E-state index in [1.165, 1.54) is 218 Å². The number of amides is 1. The summed E-state index contributed by atoms with van der Waals surface area (Å²) in [5, 5.41) is 13.7. The number of aliphatic hydroxyl groups excluding tert-OH is 1. The van der Waals surface area contributed by atoms with Crippen LogP contribution in [0.4, 0.5) is 0 Å². The number of hydrogen-bond donors (Lipinski definition) is 3. The molecule has 0 saturated heterocycles. The molecule has 0 heterocycles. The summed E-state index contributed by atoms with van der Waals surface area (Å²) in [5.41, 5.74) is 0. The molecule has 8 nitrogen and oxygen atoms in total. The average Bonchev–Trinajstić information content (AvgIpc) is 3.24. The van der Waals surface area contributed by atoms with Crippen LogP contribution in [0, 0.1) is 0 Å². The zero-order valence-electron chi connectivity index (χ0n) is 42.8. The Balaban J connectivity index is 3.78. The first kappa shape index (κ1) is 62.2. The zero-order valence-corrected chi connectivity index (χ0v) is 43.7. The highest BCUT2D eigenvalue weighted by Crippen LogP contribution is 2.43. The van der Waals surface area contributed by atoms with Gasteiger partial charge in [-0.05, 0) is 19.3 Å². The number of phosphoric ester groups is 1. The number of phosphoric acid groups is 1. The van der Waals surface area contributed by atoms with Gasteiger partial charge in [-0.3, -0.25) is 13.8 Å². The number of carbonyl (C=O) groups excluding carboxylic acids is 1. The van der Waals surface area contributed by atoms with E-state index < -0.39 is 20.0 Å². The lowest BCUT2D eigenvalue weighted by molar-refractivity contribution is -0.870. The molecule has 0 rings (SSSR count). The Hall–Kier alpha value is -0.760. The molecule has 0 bridgehead atoms. The molecule has 0 aromatic rings. The Labute approximate surface area is 392 Å². The third-order valence-corrected chi connectivity index (χ3v) is 13.7. The molecular weight excluding hydrogens is 804 g/mol. The lowest BCUT2D eigenvalue weighted by atomic mass is 10.0. The number of unbranched alkanes of at least 4 members (excludes halogenated alkanes) is 38. The summed E-state index contributed by atoms with van der Waals surface area (Å²) in [5.74, 6) is -0.176. The van der Waals surface area contributed by atoms with Crippen LogP contribution in [0.15, 0.2) is 12.2 Å². The number of nitrogens with zero attached hydrogens (tertiary/aromatic N) is 1. The first-order valence-corrected chi connectivity index (χ1v) is 29.1. The van der Waals surface area contributed by atoms with Gasteiger partial charge < -0.3 is 19.8 Å². The molecule has 3 N–H and O–H groups in total. The maximum absolute atomic E-state index is 12.8. The van der Waals surface area contributed by atoms with Crippen molar-refractivity contribution in [1.82, 2.24) is 5.32 Å². The summed E-state index contributed by atoms with van der Waals surface area (Å²) in [6.45, 7) is 4.78. The van der Waals surface area contributed by atoms with E-state index in [0.717, 1.165) is 38.5 Å². The Morgan fingerprint density at radius 1 is 0.524 bits per heavy atom. The molecule has 0 saturated carbocycles. The van der Waals surface area contributed by atoms with E-state index >= 15 is 0 Å². The minimum atomic E-state index is -4.33. The van der Waals surface area contributed by atoms with Crippen molar-refractivity contribution in [3.05, 3.63) is 12.2 Å². The predicted octanol–water partition coefficient (Wildman–Crippen LogP) is 16.3. The summed E-state index contributed by atoms with van der Waals surface area (Å²) in [4.78, 5) is 23.1. The lowest BCUT2D eigenvalue weighted by Crippen LogP contribution is -2.45. The molecule has 0 aromatic carbocycles. The van der Waals surface area contributed by atoms with Gasteiger partial charge in [-0.25, -0.2) is 4.57 Å². The van der Waals surface area contributed by atoms with Crippen LogP contribution in [-0.2, 0) is 18.4 Å². The van der Waals surface area contributed by atoms with Gasteiger partial charge in [0, 0.05) is 6.42 Å². The number of likely N-dealkylation sites (N-methyl/N-ethyl adjacent to an activating group) is 1. The SMILES string of the molecule is CCCCCCC/C=C/C(O)C(COP(=O)(O)OCC[N+](C)(C)C)NC(=O)CCCCCCCCCCCCCCCCCCCCCCCCCCCCCCCCCCCC. The number of quaternary nitrogens is 1. The second-order valence-electron chi connectivity index (χ2n) is 20.3. The molecule has 3 atom stereocenters. The highest BCUT2D eigenvalue weighted by molar-refractivity contribution is 7.47. The topological polar surface area (TPSA) is 105 Å². The largest absolute Gasteiger partial charge is 0.472 e. The molecule has 63 heavy (non-hydrogen) atoms. The van der Waals surface area contributed by atoms with E-state index in [9.17, 15) is 19.4 Å². The quantitative estimate of drug-likeness (QED) is 0.0243. The van der Waals surface area contributed by atoms with E-state index in [0.29, 0.717) is 17.4 Å². The molecule has 0 radical (unpaired) electrons. The third kappa shape index (κ3) is 49.0. The van der Waals surface area contributed by atoms with Gasteiger partial charge in [0.15, 0.2) is 0 Å². The molecule has 0 aliphatic rings. The maximum atomic E-state index is 12.8. The lowest BCUT2D eigenvalue weighted by Gasteiger charge is -2.25. The number of aliphatic hydroxyl groups is 1. The average molecular weight is 914 g/mol. The smallest absolute Gasteiger partial charge is 0.387 e. The summed E-state index contributed by atoms with van der Waals surface area (Å²) < 4.78 is 23.5. The number of hydrogen-bond acceptors (Lipinski definition) is 5. The Bertz CT molecular complexity index is 1040. The first-order chi connectivity index (χ1) is 30.5. The Morgan fingerprint density at radius 2 is 0.841 bits per heavy atom. The fourth-order valence-corrected chi connectivity index (χ4v) is 9.13. The number of nitrogens with one attached hydrogen (secondary N) is 1. The summed E-state index contributed by atoms with van der Waals surface area (Å²) in [6.07, 6.45) is 56.5. The predicted molar refractivity (Wildman–Crippen MR) is 272 cm³/mol. The van der Waals surface area contributed by atoms with E-state index in [4.69, 9.17) is 9.05 Å². The molecule has 0 fully saturated rings. The van der Waals surface area contributed by atoms with Gasteiger partial charge in [-0.15, -0.1) is 0 Å². The van der Waals surface area contributed by atoms with Crippen LogP contribution < -0.4 is 5.32 Å². The van der Waals surface area contributed by atoms with E-state index in [1.807, 2.05) is 27.2 Å². The second-order valence-corrected chi connectivity index (χ2v) is 21.8. The monoisotopic (exact) mass is 914 g/mol. The summed E-state index contributed by atoms with van der Waals surface area (Å²) in [6, 6.07) is -0.838. The molecule has 0 spiro atoms. The van der Waals surface area contributed by atoms with E-state index in [2.05, 4.69) is 19.2 Å². The van der Waals surface area contributed by atoms with Gasteiger partial charge >= 0.3 is 7.82 Å². The van der Waals surface area contributed by atoms with Gasteiger partial charge in [0.2, 0.25) is 5.91 Å². The third-order valence-electron chi connectivity index (χ3n) is 12.8.